The predicted octanol–water partition coefficient (Wildman–Crippen LogP) is 3.46. The molecule has 0 aliphatic carbocycles. The maximum atomic E-state index is 12.2. The van der Waals surface area contributed by atoms with Gasteiger partial charge in [0.25, 0.3) is 0 Å². The summed E-state index contributed by atoms with van der Waals surface area (Å²) >= 11 is 0. The van der Waals surface area contributed by atoms with Crippen LogP contribution >= 0.6 is 24.0 Å². The van der Waals surface area contributed by atoms with E-state index in [1.54, 1.807) is 7.11 Å². The lowest BCUT2D eigenvalue weighted by Crippen LogP contribution is -2.40. The van der Waals surface area contributed by atoms with Gasteiger partial charge >= 0.3 is 6.09 Å². The van der Waals surface area contributed by atoms with Crippen LogP contribution in [0.15, 0.2) is 35.3 Å². The standard InChI is InChI=1S/C20H34N4O3.HI/c1-6-21-18(22-13-10-14-26-5)23-15-17(16-11-8-7-9-12-16)24-19(25)27-20(2,3)4;/h7-9,11-12,17H,6,10,13-15H2,1-5H3,(H,24,25)(H2,21,22,23);1H. The summed E-state index contributed by atoms with van der Waals surface area (Å²) < 4.78 is 10.5. The van der Waals surface area contributed by atoms with Gasteiger partial charge in [-0.05, 0) is 39.7 Å². The molecule has 1 amide bonds. The van der Waals surface area contributed by atoms with Gasteiger partial charge in [-0.15, -0.1) is 24.0 Å². The van der Waals surface area contributed by atoms with Crippen LogP contribution in [-0.2, 0) is 9.47 Å². The van der Waals surface area contributed by atoms with Crippen molar-refractivity contribution in [3.8, 4) is 0 Å². The number of halogens is 1. The van der Waals surface area contributed by atoms with Crippen molar-refractivity contribution >= 4 is 36.0 Å². The SMILES string of the molecule is CCNC(=NCC(NC(=O)OC(C)(C)C)c1ccccc1)NCCCOC.I. The van der Waals surface area contributed by atoms with Crippen LogP contribution in [0.5, 0.6) is 0 Å². The van der Waals surface area contributed by atoms with Crippen LogP contribution in [0, 0.1) is 0 Å². The molecule has 1 aromatic carbocycles. The van der Waals surface area contributed by atoms with Crippen molar-refractivity contribution in [2.75, 3.05) is 33.4 Å². The second-order valence-electron chi connectivity index (χ2n) is 7.10. The average molecular weight is 506 g/mol. The Labute approximate surface area is 186 Å². The molecule has 0 aromatic heterocycles. The number of hydrogen-bond acceptors (Lipinski definition) is 4. The summed E-state index contributed by atoms with van der Waals surface area (Å²) in [5, 5.41) is 9.40. The topological polar surface area (TPSA) is 84.0 Å². The number of aliphatic imine (C=N–C) groups is 1. The molecule has 0 bridgehead atoms. The lowest BCUT2D eigenvalue weighted by molar-refractivity contribution is 0.0505. The highest BCUT2D eigenvalue weighted by Gasteiger charge is 2.20. The number of methoxy groups -OCH3 is 1. The molecule has 160 valence electrons. The highest BCUT2D eigenvalue weighted by Crippen LogP contribution is 2.15. The third kappa shape index (κ3) is 12.0. The smallest absolute Gasteiger partial charge is 0.408 e. The molecule has 1 atom stereocenters. The molecule has 1 aromatic rings. The van der Waals surface area contributed by atoms with Gasteiger partial charge in [0.1, 0.15) is 5.60 Å². The molecule has 8 heteroatoms. The molecular weight excluding hydrogens is 471 g/mol. The molecule has 0 aliphatic rings. The number of carbonyl (C=O) groups is 1. The Morgan fingerprint density at radius 2 is 1.86 bits per heavy atom. The van der Waals surface area contributed by atoms with E-state index in [1.165, 1.54) is 0 Å². The molecule has 7 nitrogen and oxygen atoms in total. The summed E-state index contributed by atoms with van der Waals surface area (Å²) in [5.41, 5.74) is 0.425. The lowest BCUT2D eigenvalue weighted by Gasteiger charge is -2.23. The zero-order valence-corrected chi connectivity index (χ0v) is 19.9. The Hall–Kier alpha value is -1.55. The van der Waals surface area contributed by atoms with Crippen LogP contribution in [0.3, 0.4) is 0 Å². The van der Waals surface area contributed by atoms with Crippen molar-refractivity contribution in [1.29, 1.82) is 0 Å². The van der Waals surface area contributed by atoms with Crippen LogP contribution < -0.4 is 16.0 Å². The summed E-state index contributed by atoms with van der Waals surface area (Å²) in [6.07, 6.45) is 0.434. The van der Waals surface area contributed by atoms with Crippen LogP contribution in [0.4, 0.5) is 4.79 Å². The second kappa shape index (κ2) is 14.4. The van der Waals surface area contributed by atoms with Crippen molar-refractivity contribution in [1.82, 2.24) is 16.0 Å². The van der Waals surface area contributed by atoms with Crippen molar-refractivity contribution in [3.05, 3.63) is 35.9 Å². The van der Waals surface area contributed by atoms with Gasteiger partial charge in [0.15, 0.2) is 5.96 Å². The fourth-order valence-electron chi connectivity index (χ4n) is 2.32. The Kier molecular flexibility index (Phi) is 13.6. The van der Waals surface area contributed by atoms with E-state index < -0.39 is 11.7 Å². The Morgan fingerprint density at radius 3 is 2.43 bits per heavy atom. The molecule has 1 unspecified atom stereocenters. The van der Waals surface area contributed by atoms with Crippen LogP contribution in [0.1, 0.15) is 45.7 Å². The lowest BCUT2D eigenvalue weighted by atomic mass is 10.1. The quantitative estimate of drug-likeness (QED) is 0.207. The second-order valence-corrected chi connectivity index (χ2v) is 7.10. The Morgan fingerprint density at radius 1 is 1.18 bits per heavy atom. The minimum atomic E-state index is -0.549. The summed E-state index contributed by atoms with van der Waals surface area (Å²) in [7, 11) is 1.69. The zero-order valence-electron chi connectivity index (χ0n) is 17.6. The first-order valence-corrected chi connectivity index (χ1v) is 9.41. The van der Waals surface area contributed by atoms with Crippen LogP contribution in [-0.4, -0.2) is 51.0 Å². The molecule has 0 saturated carbocycles. The molecule has 0 radical (unpaired) electrons. The largest absolute Gasteiger partial charge is 0.444 e. The Balaban J connectivity index is 0.00000729. The van der Waals surface area contributed by atoms with E-state index in [1.807, 2.05) is 58.0 Å². The van der Waals surface area contributed by atoms with Gasteiger partial charge in [-0.25, -0.2) is 4.79 Å². The van der Waals surface area contributed by atoms with E-state index in [-0.39, 0.29) is 30.0 Å². The predicted molar refractivity (Wildman–Crippen MR) is 124 cm³/mol. The van der Waals surface area contributed by atoms with E-state index in [0.717, 1.165) is 25.1 Å². The van der Waals surface area contributed by atoms with Crippen molar-refractivity contribution < 1.29 is 14.3 Å². The van der Waals surface area contributed by atoms with E-state index in [9.17, 15) is 4.79 Å². The molecule has 3 N–H and O–H groups in total. The third-order valence-electron chi connectivity index (χ3n) is 3.49. The highest BCUT2D eigenvalue weighted by atomic mass is 127. The maximum absolute atomic E-state index is 12.2. The fourth-order valence-corrected chi connectivity index (χ4v) is 2.32. The summed E-state index contributed by atoms with van der Waals surface area (Å²) in [4.78, 5) is 16.9. The summed E-state index contributed by atoms with van der Waals surface area (Å²) in [6.45, 7) is 10.1. The van der Waals surface area contributed by atoms with E-state index in [2.05, 4.69) is 20.9 Å². The monoisotopic (exact) mass is 506 g/mol. The Bertz CT molecular complexity index is 577. The highest BCUT2D eigenvalue weighted by molar-refractivity contribution is 14.0. The van der Waals surface area contributed by atoms with Crippen molar-refractivity contribution in [2.45, 2.75) is 45.8 Å². The number of rotatable bonds is 9. The number of guanidine groups is 1. The number of benzene rings is 1. The molecule has 28 heavy (non-hydrogen) atoms. The van der Waals surface area contributed by atoms with E-state index >= 15 is 0 Å². The minimum absolute atomic E-state index is 0. The number of carbonyl (C=O) groups excluding carboxylic acids is 1. The first-order chi connectivity index (χ1) is 12.9. The molecular formula is C20H35IN4O3. The molecule has 0 aliphatic heterocycles. The van der Waals surface area contributed by atoms with Gasteiger partial charge < -0.3 is 25.4 Å². The number of alkyl carbamates (subject to hydrolysis) is 1. The first-order valence-electron chi connectivity index (χ1n) is 9.41. The number of ether oxygens (including phenoxy) is 2. The van der Waals surface area contributed by atoms with Gasteiger partial charge in [0, 0.05) is 26.8 Å². The van der Waals surface area contributed by atoms with E-state index in [0.29, 0.717) is 19.1 Å². The van der Waals surface area contributed by atoms with Gasteiger partial charge in [-0.1, -0.05) is 30.3 Å². The summed E-state index contributed by atoms with van der Waals surface area (Å²) in [6, 6.07) is 9.48. The number of amides is 1. The van der Waals surface area contributed by atoms with Gasteiger partial charge in [-0.3, -0.25) is 4.99 Å². The molecule has 0 spiro atoms. The average Bonchev–Trinajstić information content (AvgIpc) is 2.61. The molecule has 0 heterocycles. The van der Waals surface area contributed by atoms with Gasteiger partial charge in [0.05, 0.1) is 12.6 Å². The molecule has 0 fully saturated rings. The number of hydrogen-bond donors (Lipinski definition) is 3. The summed E-state index contributed by atoms with van der Waals surface area (Å²) in [5.74, 6) is 0.709. The molecule has 1 rings (SSSR count). The molecule has 0 saturated heterocycles. The normalized spacial score (nSPS) is 12.5. The van der Waals surface area contributed by atoms with Gasteiger partial charge in [0.2, 0.25) is 0 Å². The number of nitrogens with zero attached hydrogens (tertiary/aromatic N) is 1. The van der Waals surface area contributed by atoms with Crippen LogP contribution in [0.25, 0.3) is 0 Å². The maximum Gasteiger partial charge on any atom is 0.408 e. The van der Waals surface area contributed by atoms with E-state index in [4.69, 9.17) is 9.47 Å². The minimum Gasteiger partial charge on any atom is -0.444 e. The fraction of sp³-hybridized carbons (Fsp3) is 0.600. The number of nitrogens with one attached hydrogen (secondary N) is 3. The van der Waals surface area contributed by atoms with Crippen LogP contribution in [0.2, 0.25) is 0 Å². The first kappa shape index (κ1) is 26.4. The van der Waals surface area contributed by atoms with Crippen molar-refractivity contribution in [3.63, 3.8) is 0 Å². The van der Waals surface area contributed by atoms with Crippen molar-refractivity contribution in [2.24, 2.45) is 4.99 Å². The van der Waals surface area contributed by atoms with Gasteiger partial charge in [-0.2, -0.15) is 0 Å². The third-order valence-corrected chi connectivity index (χ3v) is 3.49. The zero-order chi connectivity index (χ0) is 20.1.